The molecule has 1 aromatic heterocycles. The van der Waals surface area contributed by atoms with Crippen LogP contribution in [0.1, 0.15) is 19.3 Å². The minimum absolute atomic E-state index is 0.00277. The lowest BCUT2D eigenvalue weighted by atomic mass is 10.1. The Morgan fingerprint density at radius 2 is 2.42 bits per heavy atom. The Balaban J connectivity index is 2.14. The monoisotopic (exact) mass is 286 g/mol. The summed E-state index contributed by atoms with van der Waals surface area (Å²) in [5.74, 6) is 0.221. The summed E-state index contributed by atoms with van der Waals surface area (Å²) in [4.78, 5) is 19.7. The highest BCUT2D eigenvalue weighted by molar-refractivity contribution is 6.28. The van der Waals surface area contributed by atoms with Gasteiger partial charge in [0, 0.05) is 20.2 Å². The van der Waals surface area contributed by atoms with Crippen molar-refractivity contribution in [3.05, 3.63) is 21.6 Å². The summed E-state index contributed by atoms with van der Waals surface area (Å²) in [6.45, 7) is 1.29. The van der Waals surface area contributed by atoms with E-state index in [1.165, 1.54) is 0 Å². The summed E-state index contributed by atoms with van der Waals surface area (Å²) < 4.78 is 5.61. The summed E-state index contributed by atoms with van der Waals surface area (Å²) >= 11 is 5.71. The minimum Gasteiger partial charge on any atom is -0.376 e. The lowest BCUT2D eigenvalue weighted by Gasteiger charge is -2.27. The van der Waals surface area contributed by atoms with E-state index < -0.39 is 4.92 Å². The molecule has 104 valence electrons. The van der Waals surface area contributed by atoms with Crippen molar-refractivity contribution in [3.8, 4) is 0 Å². The smallest absolute Gasteiger partial charge is 0.329 e. The zero-order chi connectivity index (χ0) is 13.8. The first-order chi connectivity index (χ1) is 9.08. The van der Waals surface area contributed by atoms with Crippen LogP contribution < -0.4 is 4.90 Å². The Morgan fingerprint density at radius 1 is 1.63 bits per heavy atom. The molecule has 2 heterocycles. The van der Waals surface area contributed by atoms with Crippen LogP contribution in [-0.2, 0) is 4.74 Å². The van der Waals surface area contributed by atoms with Gasteiger partial charge in [0.25, 0.3) is 0 Å². The summed E-state index contributed by atoms with van der Waals surface area (Å²) in [6, 6.07) is 0. The standard InChI is InChI=1S/C11H15ClN4O3/c1-15(7-8-4-2-3-5-19-8)10-9(16(17)18)6-13-11(12)14-10/h6,8H,2-5,7H2,1H3. The van der Waals surface area contributed by atoms with Gasteiger partial charge >= 0.3 is 5.69 Å². The van der Waals surface area contributed by atoms with Crippen LogP contribution in [0.15, 0.2) is 6.20 Å². The Hall–Kier alpha value is -1.47. The lowest BCUT2D eigenvalue weighted by Crippen LogP contribution is -2.34. The fourth-order valence-corrected chi connectivity index (χ4v) is 2.23. The van der Waals surface area contributed by atoms with E-state index in [4.69, 9.17) is 16.3 Å². The van der Waals surface area contributed by atoms with E-state index in [0.29, 0.717) is 6.54 Å². The molecule has 0 aromatic carbocycles. The van der Waals surface area contributed by atoms with Gasteiger partial charge in [-0.3, -0.25) is 10.1 Å². The average Bonchev–Trinajstić information content (AvgIpc) is 2.39. The van der Waals surface area contributed by atoms with Crippen LogP contribution in [0.25, 0.3) is 0 Å². The van der Waals surface area contributed by atoms with Crippen LogP contribution in [0.2, 0.25) is 5.28 Å². The molecule has 0 N–H and O–H groups in total. The molecular weight excluding hydrogens is 272 g/mol. The lowest BCUT2D eigenvalue weighted by molar-refractivity contribution is -0.384. The second kappa shape index (κ2) is 6.12. The fourth-order valence-electron chi connectivity index (χ4n) is 2.10. The molecule has 2 rings (SSSR count). The Labute approximate surface area is 115 Å². The van der Waals surface area contributed by atoms with Crippen molar-refractivity contribution in [2.75, 3.05) is 25.1 Å². The molecule has 0 aliphatic carbocycles. The van der Waals surface area contributed by atoms with Gasteiger partial charge in [-0.15, -0.1) is 0 Å². The molecule has 1 aromatic rings. The maximum atomic E-state index is 11.0. The van der Waals surface area contributed by atoms with Crippen molar-refractivity contribution in [3.63, 3.8) is 0 Å². The van der Waals surface area contributed by atoms with E-state index in [-0.39, 0.29) is 22.9 Å². The Morgan fingerprint density at radius 3 is 3.05 bits per heavy atom. The number of halogens is 1. The number of anilines is 1. The second-order valence-electron chi connectivity index (χ2n) is 4.47. The van der Waals surface area contributed by atoms with E-state index in [1.807, 2.05) is 0 Å². The number of likely N-dealkylation sites (N-methyl/N-ethyl adjacent to an activating group) is 1. The number of nitrogens with zero attached hydrogens (tertiary/aromatic N) is 4. The third-order valence-corrected chi connectivity index (χ3v) is 3.21. The molecule has 19 heavy (non-hydrogen) atoms. The van der Waals surface area contributed by atoms with Crippen LogP contribution in [0.3, 0.4) is 0 Å². The maximum Gasteiger partial charge on any atom is 0.329 e. The van der Waals surface area contributed by atoms with Crippen LogP contribution >= 0.6 is 11.6 Å². The quantitative estimate of drug-likeness (QED) is 0.479. The van der Waals surface area contributed by atoms with Crippen molar-refractivity contribution in [1.82, 2.24) is 9.97 Å². The first kappa shape index (κ1) is 14.0. The van der Waals surface area contributed by atoms with Crippen LogP contribution in [0, 0.1) is 10.1 Å². The van der Waals surface area contributed by atoms with Gasteiger partial charge in [0.2, 0.25) is 11.1 Å². The number of rotatable bonds is 4. The normalized spacial score (nSPS) is 19.2. The summed E-state index contributed by atoms with van der Waals surface area (Å²) in [7, 11) is 1.74. The molecule has 0 amide bonds. The molecule has 1 fully saturated rings. The third kappa shape index (κ3) is 3.51. The topological polar surface area (TPSA) is 81.4 Å². The fraction of sp³-hybridized carbons (Fsp3) is 0.636. The van der Waals surface area contributed by atoms with Crippen molar-refractivity contribution < 1.29 is 9.66 Å². The molecular formula is C11H15ClN4O3. The van der Waals surface area contributed by atoms with Gasteiger partial charge in [0.05, 0.1) is 11.0 Å². The highest BCUT2D eigenvalue weighted by atomic mass is 35.5. The molecule has 0 spiro atoms. The predicted molar refractivity (Wildman–Crippen MR) is 70.6 cm³/mol. The largest absolute Gasteiger partial charge is 0.376 e. The number of ether oxygens (including phenoxy) is 1. The highest BCUT2D eigenvalue weighted by Crippen LogP contribution is 2.26. The molecule has 1 aliphatic heterocycles. The zero-order valence-electron chi connectivity index (χ0n) is 10.6. The minimum atomic E-state index is -0.510. The second-order valence-corrected chi connectivity index (χ2v) is 4.81. The summed E-state index contributed by atoms with van der Waals surface area (Å²) in [6.07, 6.45) is 4.34. The van der Waals surface area contributed by atoms with Gasteiger partial charge in [-0.05, 0) is 30.9 Å². The number of hydrogen-bond donors (Lipinski definition) is 0. The zero-order valence-corrected chi connectivity index (χ0v) is 11.3. The molecule has 0 saturated carbocycles. The van der Waals surface area contributed by atoms with Crippen molar-refractivity contribution in [2.45, 2.75) is 25.4 Å². The predicted octanol–water partition coefficient (Wildman–Crippen LogP) is 2.04. The van der Waals surface area contributed by atoms with Gasteiger partial charge in [-0.1, -0.05) is 0 Å². The molecule has 1 saturated heterocycles. The molecule has 1 atom stereocenters. The SMILES string of the molecule is CN(CC1CCCCO1)c1nc(Cl)ncc1[N+](=O)[O-]. The number of aromatic nitrogens is 2. The Kier molecular flexibility index (Phi) is 4.49. The van der Waals surface area contributed by atoms with E-state index in [1.54, 1.807) is 11.9 Å². The molecule has 0 bridgehead atoms. The third-order valence-electron chi connectivity index (χ3n) is 3.03. The van der Waals surface area contributed by atoms with Gasteiger partial charge < -0.3 is 9.64 Å². The molecule has 7 nitrogen and oxygen atoms in total. The van der Waals surface area contributed by atoms with Crippen molar-refractivity contribution in [1.29, 1.82) is 0 Å². The van der Waals surface area contributed by atoms with E-state index in [2.05, 4.69) is 9.97 Å². The van der Waals surface area contributed by atoms with Crippen LogP contribution in [-0.4, -0.2) is 41.2 Å². The summed E-state index contributed by atoms with van der Waals surface area (Å²) in [5, 5.41) is 11.0. The van der Waals surface area contributed by atoms with Gasteiger partial charge in [-0.2, -0.15) is 4.98 Å². The molecule has 1 aliphatic rings. The van der Waals surface area contributed by atoms with E-state index >= 15 is 0 Å². The van der Waals surface area contributed by atoms with Crippen LogP contribution in [0.4, 0.5) is 11.5 Å². The summed E-state index contributed by atoms with van der Waals surface area (Å²) in [5.41, 5.74) is -0.150. The average molecular weight is 287 g/mol. The Bertz CT molecular complexity index is 465. The number of nitro groups is 1. The molecule has 8 heteroatoms. The molecule has 1 unspecified atom stereocenters. The van der Waals surface area contributed by atoms with E-state index in [0.717, 1.165) is 32.1 Å². The van der Waals surface area contributed by atoms with Crippen molar-refractivity contribution in [2.24, 2.45) is 0 Å². The number of hydrogen-bond acceptors (Lipinski definition) is 6. The van der Waals surface area contributed by atoms with E-state index in [9.17, 15) is 10.1 Å². The van der Waals surface area contributed by atoms with Gasteiger partial charge in [-0.25, -0.2) is 4.98 Å². The highest BCUT2D eigenvalue weighted by Gasteiger charge is 2.23. The van der Waals surface area contributed by atoms with Gasteiger partial charge in [0.15, 0.2) is 0 Å². The molecule has 0 radical (unpaired) electrons. The van der Waals surface area contributed by atoms with Gasteiger partial charge in [0.1, 0.15) is 6.20 Å². The van der Waals surface area contributed by atoms with Crippen LogP contribution in [0.5, 0.6) is 0 Å². The first-order valence-corrected chi connectivity index (χ1v) is 6.45. The maximum absolute atomic E-state index is 11.0. The first-order valence-electron chi connectivity index (χ1n) is 6.07. The van der Waals surface area contributed by atoms with Crippen molar-refractivity contribution >= 4 is 23.1 Å².